The van der Waals surface area contributed by atoms with Crippen LogP contribution in [0.2, 0.25) is 0 Å². The van der Waals surface area contributed by atoms with Crippen LogP contribution in [0.5, 0.6) is 0 Å². The van der Waals surface area contributed by atoms with E-state index >= 15 is 0 Å². The lowest BCUT2D eigenvalue weighted by Gasteiger charge is -2.07. The molecule has 2 aromatic rings. The molecule has 0 aliphatic rings. The monoisotopic (exact) mass is 250 g/mol. The van der Waals surface area contributed by atoms with Crippen LogP contribution in [-0.4, -0.2) is 4.98 Å². The number of nitrogens with two attached hydrogens (primary N) is 1. The van der Waals surface area contributed by atoms with Crippen LogP contribution >= 0.6 is 15.9 Å². The molecule has 2 rings (SSSR count). The summed E-state index contributed by atoms with van der Waals surface area (Å²) >= 11 is 3.38. The summed E-state index contributed by atoms with van der Waals surface area (Å²) in [6.45, 7) is 4.11. The Kier molecular flexibility index (Phi) is 2.19. The van der Waals surface area contributed by atoms with Crippen molar-refractivity contribution in [3.05, 3.63) is 33.9 Å². The predicted octanol–water partition coefficient (Wildman–Crippen LogP) is 3.20. The fourth-order valence-corrected chi connectivity index (χ4v) is 1.97. The van der Waals surface area contributed by atoms with Gasteiger partial charge in [-0.15, -0.1) is 0 Å². The summed E-state index contributed by atoms with van der Waals surface area (Å²) in [5.74, 6) is 0. The first-order valence-corrected chi connectivity index (χ1v) is 5.20. The summed E-state index contributed by atoms with van der Waals surface area (Å²) in [4.78, 5) is 4.36. The van der Waals surface area contributed by atoms with Gasteiger partial charge in [0.15, 0.2) is 0 Å². The molecule has 0 fully saturated rings. The van der Waals surface area contributed by atoms with Crippen molar-refractivity contribution in [1.29, 1.82) is 0 Å². The smallest absolute Gasteiger partial charge is 0.0752 e. The van der Waals surface area contributed by atoms with E-state index in [1.54, 1.807) is 6.20 Å². The first-order chi connectivity index (χ1) is 6.59. The molecule has 2 nitrogen and oxygen atoms in total. The van der Waals surface area contributed by atoms with Crippen molar-refractivity contribution in [2.24, 2.45) is 0 Å². The first kappa shape index (κ1) is 9.46. The third-order valence-corrected chi connectivity index (χ3v) is 2.93. The highest BCUT2D eigenvalue weighted by Crippen LogP contribution is 2.29. The average molecular weight is 251 g/mol. The first-order valence-electron chi connectivity index (χ1n) is 4.40. The molecule has 0 saturated heterocycles. The average Bonchev–Trinajstić information content (AvgIpc) is 2.12. The molecule has 0 spiro atoms. The molecule has 0 bridgehead atoms. The van der Waals surface area contributed by atoms with E-state index in [1.807, 2.05) is 0 Å². The quantitative estimate of drug-likeness (QED) is 0.780. The third-order valence-electron chi connectivity index (χ3n) is 2.30. The van der Waals surface area contributed by atoms with Gasteiger partial charge in [0.1, 0.15) is 0 Å². The number of aryl methyl sites for hydroxylation is 2. The minimum Gasteiger partial charge on any atom is -0.397 e. The Morgan fingerprint density at radius 2 is 2.00 bits per heavy atom. The van der Waals surface area contributed by atoms with Gasteiger partial charge < -0.3 is 5.73 Å². The number of nitrogen functional groups attached to an aromatic ring is 1. The SMILES string of the molecule is Cc1cc(C)c2ncc(Br)c(N)c2c1. The molecule has 72 valence electrons. The summed E-state index contributed by atoms with van der Waals surface area (Å²) in [5, 5.41) is 1.02. The van der Waals surface area contributed by atoms with Crippen molar-refractivity contribution in [2.45, 2.75) is 13.8 Å². The molecule has 0 unspecified atom stereocenters. The number of hydrogen-bond acceptors (Lipinski definition) is 2. The summed E-state index contributed by atoms with van der Waals surface area (Å²) < 4.78 is 0.856. The summed E-state index contributed by atoms with van der Waals surface area (Å²) in [6, 6.07) is 4.18. The molecule has 0 saturated carbocycles. The van der Waals surface area contributed by atoms with Crippen LogP contribution in [0.25, 0.3) is 10.9 Å². The van der Waals surface area contributed by atoms with Crippen LogP contribution in [-0.2, 0) is 0 Å². The molecule has 1 aromatic heterocycles. The van der Waals surface area contributed by atoms with Crippen LogP contribution in [0.1, 0.15) is 11.1 Å². The van der Waals surface area contributed by atoms with Gasteiger partial charge in [-0.25, -0.2) is 0 Å². The Hall–Kier alpha value is -1.09. The van der Waals surface area contributed by atoms with E-state index in [0.29, 0.717) is 0 Å². The minimum absolute atomic E-state index is 0.766. The van der Waals surface area contributed by atoms with Crippen molar-refractivity contribution in [2.75, 3.05) is 5.73 Å². The van der Waals surface area contributed by atoms with Crippen LogP contribution in [0.15, 0.2) is 22.8 Å². The van der Waals surface area contributed by atoms with E-state index in [9.17, 15) is 0 Å². The number of pyridine rings is 1. The molecule has 0 atom stereocenters. The standard InChI is InChI=1S/C11H11BrN2/c1-6-3-7(2)11-8(4-6)10(13)9(12)5-14-11/h3-5H,1-2H3,(H2,13,14). The highest BCUT2D eigenvalue weighted by molar-refractivity contribution is 9.10. The second kappa shape index (κ2) is 3.24. The van der Waals surface area contributed by atoms with Crippen LogP contribution < -0.4 is 5.73 Å². The summed E-state index contributed by atoms with van der Waals surface area (Å²) in [7, 11) is 0. The Morgan fingerprint density at radius 3 is 2.71 bits per heavy atom. The van der Waals surface area contributed by atoms with E-state index in [4.69, 9.17) is 5.73 Å². The van der Waals surface area contributed by atoms with Gasteiger partial charge in [-0.1, -0.05) is 11.6 Å². The van der Waals surface area contributed by atoms with E-state index in [0.717, 1.165) is 21.1 Å². The number of halogens is 1. The van der Waals surface area contributed by atoms with Crippen LogP contribution in [0, 0.1) is 13.8 Å². The van der Waals surface area contributed by atoms with E-state index in [1.165, 1.54) is 11.1 Å². The molecular weight excluding hydrogens is 240 g/mol. The van der Waals surface area contributed by atoms with Gasteiger partial charge in [-0.2, -0.15) is 0 Å². The minimum atomic E-state index is 0.766. The highest BCUT2D eigenvalue weighted by atomic mass is 79.9. The van der Waals surface area contributed by atoms with Gasteiger partial charge >= 0.3 is 0 Å². The topological polar surface area (TPSA) is 38.9 Å². The number of fused-ring (bicyclic) bond motifs is 1. The Morgan fingerprint density at radius 1 is 1.29 bits per heavy atom. The van der Waals surface area contributed by atoms with Gasteiger partial charge in [0.05, 0.1) is 15.7 Å². The Labute approximate surface area is 91.3 Å². The van der Waals surface area contributed by atoms with Crippen molar-refractivity contribution in [1.82, 2.24) is 4.98 Å². The summed E-state index contributed by atoms with van der Waals surface area (Å²) in [6.07, 6.45) is 1.75. The van der Waals surface area contributed by atoms with E-state index < -0.39 is 0 Å². The fourth-order valence-electron chi connectivity index (χ4n) is 1.66. The lowest BCUT2D eigenvalue weighted by Crippen LogP contribution is -1.93. The predicted molar refractivity (Wildman–Crippen MR) is 63.3 cm³/mol. The van der Waals surface area contributed by atoms with Crippen molar-refractivity contribution in [3.8, 4) is 0 Å². The fraction of sp³-hybridized carbons (Fsp3) is 0.182. The van der Waals surface area contributed by atoms with E-state index in [2.05, 4.69) is 46.9 Å². The Balaban J connectivity index is 2.95. The second-order valence-electron chi connectivity index (χ2n) is 3.50. The zero-order valence-corrected chi connectivity index (χ0v) is 9.72. The van der Waals surface area contributed by atoms with Crippen LogP contribution in [0.3, 0.4) is 0 Å². The molecule has 1 aromatic carbocycles. The van der Waals surface area contributed by atoms with Crippen molar-refractivity contribution >= 4 is 32.5 Å². The van der Waals surface area contributed by atoms with Crippen molar-refractivity contribution < 1.29 is 0 Å². The molecule has 2 N–H and O–H groups in total. The second-order valence-corrected chi connectivity index (χ2v) is 4.35. The molecule has 0 radical (unpaired) electrons. The molecule has 1 heterocycles. The zero-order chi connectivity index (χ0) is 10.3. The third kappa shape index (κ3) is 1.38. The molecule has 0 amide bonds. The molecular formula is C11H11BrN2. The maximum absolute atomic E-state index is 5.97. The normalized spacial score (nSPS) is 10.8. The Bertz CT molecular complexity index is 506. The summed E-state index contributed by atoms with van der Waals surface area (Å²) in [5.41, 5.74) is 10.1. The molecule has 14 heavy (non-hydrogen) atoms. The molecule has 0 aliphatic heterocycles. The number of aromatic nitrogens is 1. The molecule has 3 heteroatoms. The number of benzene rings is 1. The van der Waals surface area contributed by atoms with E-state index in [-0.39, 0.29) is 0 Å². The largest absolute Gasteiger partial charge is 0.397 e. The van der Waals surface area contributed by atoms with Gasteiger partial charge in [-0.05, 0) is 41.4 Å². The molecule has 0 aliphatic carbocycles. The lowest BCUT2D eigenvalue weighted by atomic mass is 10.1. The van der Waals surface area contributed by atoms with Gasteiger partial charge in [0.25, 0.3) is 0 Å². The van der Waals surface area contributed by atoms with Crippen molar-refractivity contribution in [3.63, 3.8) is 0 Å². The number of nitrogens with zero attached hydrogens (tertiary/aromatic N) is 1. The number of rotatable bonds is 0. The van der Waals surface area contributed by atoms with Gasteiger partial charge in [-0.3, -0.25) is 4.98 Å². The maximum Gasteiger partial charge on any atom is 0.0752 e. The lowest BCUT2D eigenvalue weighted by molar-refractivity contribution is 1.33. The number of anilines is 1. The maximum atomic E-state index is 5.97. The van der Waals surface area contributed by atoms with Gasteiger partial charge in [0, 0.05) is 11.6 Å². The zero-order valence-electron chi connectivity index (χ0n) is 8.13. The van der Waals surface area contributed by atoms with Gasteiger partial charge in [0.2, 0.25) is 0 Å². The van der Waals surface area contributed by atoms with Crippen LogP contribution in [0.4, 0.5) is 5.69 Å². The number of hydrogen-bond donors (Lipinski definition) is 1. The highest BCUT2D eigenvalue weighted by Gasteiger charge is 2.05.